The van der Waals surface area contributed by atoms with Crippen LogP contribution in [0.25, 0.3) is 0 Å². The van der Waals surface area contributed by atoms with Crippen molar-refractivity contribution in [3.63, 3.8) is 0 Å². The van der Waals surface area contributed by atoms with Crippen molar-refractivity contribution < 1.29 is 67.0 Å². The number of alkyl halides is 12. The summed E-state index contributed by atoms with van der Waals surface area (Å²) < 4.78 is 164. The van der Waals surface area contributed by atoms with Gasteiger partial charge in [-0.25, -0.2) is 4.79 Å². The van der Waals surface area contributed by atoms with Gasteiger partial charge in [0.2, 0.25) is 0 Å². The summed E-state index contributed by atoms with van der Waals surface area (Å²) in [6.45, 7) is 0. The summed E-state index contributed by atoms with van der Waals surface area (Å²) in [5, 5.41) is 0. The summed E-state index contributed by atoms with van der Waals surface area (Å²) >= 11 is 0. The summed E-state index contributed by atoms with van der Waals surface area (Å²) in [4.78, 5) is 11.7. The summed E-state index contributed by atoms with van der Waals surface area (Å²) in [5.41, 5.74) is -9.57. The highest BCUT2D eigenvalue weighted by Gasteiger charge is 2.47. The summed E-state index contributed by atoms with van der Waals surface area (Å²) in [7, 11) is 0. The van der Waals surface area contributed by atoms with Gasteiger partial charge in [0, 0.05) is 0 Å². The van der Waals surface area contributed by atoms with Crippen LogP contribution in [-0.4, -0.2) is 6.16 Å². The van der Waals surface area contributed by atoms with E-state index in [0.29, 0.717) is 12.1 Å². The van der Waals surface area contributed by atoms with Gasteiger partial charge in [0.25, 0.3) is 0 Å². The Kier molecular flexibility index (Phi) is 6.35. The van der Waals surface area contributed by atoms with Gasteiger partial charge in [-0.1, -0.05) is 12.1 Å². The lowest BCUT2D eigenvalue weighted by atomic mass is 10.1. The maximum atomic E-state index is 13.1. The minimum Gasteiger partial charge on any atom is -0.394 e. The minimum atomic E-state index is -5.74. The number of hydrogen-bond acceptors (Lipinski definition) is 3. The molecule has 0 saturated heterocycles. The van der Waals surface area contributed by atoms with Crippen molar-refractivity contribution >= 4 is 6.16 Å². The van der Waals surface area contributed by atoms with Crippen LogP contribution in [0.15, 0.2) is 36.4 Å². The number of halogens is 12. The van der Waals surface area contributed by atoms with Crippen molar-refractivity contribution in [2.75, 3.05) is 0 Å². The monoisotopic (exact) mass is 486 g/mol. The van der Waals surface area contributed by atoms with E-state index in [-0.39, 0.29) is 24.3 Å². The molecule has 0 saturated carbocycles. The average molecular weight is 486 g/mol. The van der Waals surface area contributed by atoms with Gasteiger partial charge in [-0.05, 0) is 24.3 Å². The number of ether oxygens (including phenoxy) is 2. The van der Waals surface area contributed by atoms with Crippen LogP contribution in [-0.2, 0) is 24.7 Å². The number of rotatable bonds is 2. The van der Waals surface area contributed by atoms with Gasteiger partial charge >= 0.3 is 30.9 Å². The molecule has 0 N–H and O–H groups in total. The molecule has 3 nitrogen and oxygen atoms in total. The van der Waals surface area contributed by atoms with E-state index in [4.69, 9.17) is 0 Å². The SMILES string of the molecule is O=C(Oc1cccc(C(F)(F)F)c1C(F)(F)F)Oc1cccc(C(F)(F)F)c1C(F)(F)F. The van der Waals surface area contributed by atoms with Gasteiger partial charge in [0.15, 0.2) is 0 Å². The number of hydrogen-bond donors (Lipinski definition) is 0. The highest BCUT2D eigenvalue weighted by Crippen LogP contribution is 2.46. The minimum absolute atomic E-state index is 0.00439. The molecule has 0 bridgehead atoms. The van der Waals surface area contributed by atoms with Crippen molar-refractivity contribution in [1.29, 1.82) is 0 Å². The maximum Gasteiger partial charge on any atom is 0.519 e. The van der Waals surface area contributed by atoms with E-state index in [1.165, 1.54) is 0 Å². The second-order valence-electron chi connectivity index (χ2n) is 5.80. The van der Waals surface area contributed by atoms with Crippen LogP contribution in [0, 0.1) is 0 Å². The molecule has 0 aliphatic heterocycles. The van der Waals surface area contributed by atoms with E-state index in [1.807, 2.05) is 0 Å². The Hall–Kier alpha value is -3.13. The molecule has 2 aromatic rings. The smallest absolute Gasteiger partial charge is 0.394 e. The van der Waals surface area contributed by atoms with E-state index < -0.39 is 64.6 Å². The van der Waals surface area contributed by atoms with E-state index in [2.05, 4.69) is 9.47 Å². The highest BCUT2D eigenvalue weighted by atomic mass is 19.4. The van der Waals surface area contributed by atoms with Crippen LogP contribution in [0.4, 0.5) is 57.5 Å². The predicted octanol–water partition coefficient (Wildman–Crippen LogP) is 7.34. The third-order valence-corrected chi connectivity index (χ3v) is 3.62. The van der Waals surface area contributed by atoms with Crippen molar-refractivity contribution in [3.05, 3.63) is 58.7 Å². The third kappa shape index (κ3) is 5.56. The molecule has 0 radical (unpaired) electrons. The topological polar surface area (TPSA) is 35.5 Å². The normalized spacial score (nSPS) is 13.1. The fourth-order valence-corrected chi connectivity index (χ4v) is 2.49. The van der Waals surface area contributed by atoms with E-state index in [9.17, 15) is 57.5 Å². The zero-order chi connectivity index (χ0) is 24.7. The molecule has 2 rings (SSSR count). The zero-order valence-corrected chi connectivity index (χ0v) is 14.7. The first-order valence-corrected chi connectivity index (χ1v) is 7.78. The van der Waals surface area contributed by atoms with E-state index >= 15 is 0 Å². The van der Waals surface area contributed by atoms with Crippen LogP contribution in [0.5, 0.6) is 11.5 Å². The lowest BCUT2D eigenvalue weighted by molar-refractivity contribution is -0.163. The maximum absolute atomic E-state index is 13.1. The standard InChI is InChI=1S/C17H6F12O3/c18-14(19,20)7-3-1-5-9(11(7)16(24,25)26)31-13(30)32-10-6-2-4-8(15(21,22)23)12(10)17(27,28)29/h1-6H. The van der Waals surface area contributed by atoms with Gasteiger partial charge in [-0.3, -0.25) is 0 Å². The van der Waals surface area contributed by atoms with Crippen LogP contribution < -0.4 is 9.47 Å². The molecule has 0 unspecified atom stereocenters. The molecule has 0 atom stereocenters. The molecule has 0 amide bonds. The summed E-state index contributed by atoms with van der Waals surface area (Å²) in [6, 6.07) is 1.25. The number of carbonyl (C=O) groups is 1. The summed E-state index contributed by atoms with van der Waals surface area (Å²) in [6.07, 6.45) is -25.1. The number of benzene rings is 2. The Balaban J connectivity index is 2.50. The van der Waals surface area contributed by atoms with Crippen LogP contribution in [0.3, 0.4) is 0 Å². The molecule has 0 aromatic heterocycles. The molecule has 0 fully saturated rings. The van der Waals surface area contributed by atoms with Crippen LogP contribution in [0.2, 0.25) is 0 Å². The molecule has 176 valence electrons. The Labute approximate surface area is 169 Å². The average Bonchev–Trinajstić information content (AvgIpc) is 2.57. The van der Waals surface area contributed by atoms with Crippen molar-refractivity contribution in [2.24, 2.45) is 0 Å². The summed E-state index contributed by atoms with van der Waals surface area (Å²) in [5.74, 6) is -3.59. The molecular weight excluding hydrogens is 480 g/mol. The van der Waals surface area contributed by atoms with Gasteiger partial charge in [-0.2, -0.15) is 52.7 Å². The Morgan fingerprint density at radius 2 is 0.844 bits per heavy atom. The Bertz CT molecular complexity index is 920. The Morgan fingerprint density at radius 1 is 0.531 bits per heavy atom. The van der Waals surface area contributed by atoms with E-state index in [0.717, 1.165) is 0 Å². The van der Waals surface area contributed by atoms with Gasteiger partial charge in [0.1, 0.15) is 22.6 Å². The van der Waals surface area contributed by atoms with Crippen molar-refractivity contribution in [1.82, 2.24) is 0 Å². The quantitative estimate of drug-likeness (QED) is 0.253. The first-order valence-electron chi connectivity index (χ1n) is 7.78. The molecular formula is C17H6F12O3. The lowest BCUT2D eigenvalue weighted by Gasteiger charge is -2.20. The molecule has 15 heteroatoms. The van der Waals surface area contributed by atoms with Crippen molar-refractivity contribution in [3.8, 4) is 11.5 Å². The second kappa shape index (κ2) is 8.09. The Morgan fingerprint density at radius 3 is 1.09 bits per heavy atom. The molecule has 2 aromatic carbocycles. The van der Waals surface area contributed by atoms with Crippen LogP contribution in [0.1, 0.15) is 22.3 Å². The van der Waals surface area contributed by atoms with Gasteiger partial charge in [-0.15, -0.1) is 0 Å². The van der Waals surface area contributed by atoms with Gasteiger partial charge in [0.05, 0.1) is 11.1 Å². The molecule has 0 spiro atoms. The fraction of sp³-hybridized carbons (Fsp3) is 0.235. The zero-order valence-electron chi connectivity index (χ0n) is 14.7. The molecule has 0 aliphatic rings. The second-order valence-corrected chi connectivity index (χ2v) is 5.80. The molecule has 0 aliphatic carbocycles. The fourth-order valence-electron chi connectivity index (χ4n) is 2.49. The largest absolute Gasteiger partial charge is 0.519 e. The predicted molar refractivity (Wildman–Crippen MR) is 79.5 cm³/mol. The first-order chi connectivity index (χ1) is 14.3. The lowest BCUT2D eigenvalue weighted by Crippen LogP contribution is -2.23. The number of carbonyl (C=O) groups excluding carboxylic acids is 1. The van der Waals surface area contributed by atoms with Crippen molar-refractivity contribution in [2.45, 2.75) is 24.7 Å². The third-order valence-electron chi connectivity index (χ3n) is 3.62. The highest BCUT2D eigenvalue weighted by molar-refractivity contribution is 5.69. The van der Waals surface area contributed by atoms with E-state index in [1.54, 1.807) is 0 Å². The molecule has 32 heavy (non-hydrogen) atoms. The van der Waals surface area contributed by atoms with Crippen LogP contribution >= 0.6 is 0 Å². The van der Waals surface area contributed by atoms with Gasteiger partial charge < -0.3 is 9.47 Å². The molecule has 0 heterocycles. The first kappa shape index (κ1) is 25.1.